The minimum atomic E-state index is -1.000. The number of hydrogen-bond acceptors (Lipinski definition) is 5. The number of aliphatic hydroxyl groups excluding tert-OH is 1. The summed E-state index contributed by atoms with van der Waals surface area (Å²) in [6.45, 7) is 0. The van der Waals surface area contributed by atoms with E-state index in [1.165, 1.54) is 12.1 Å². The molecule has 0 aliphatic carbocycles. The number of carboxylic acids is 1. The number of benzene rings is 1. The lowest BCUT2D eigenvalue weighted by atomic mass is 10.0. The Morgan fingerprint density at radius 1 is 1.18 bits per heavy atom. The van der Waals surface area contributed by atoms with E-state index in [1.807, 2.05) is 0 Å². The van der Waals surface area contributed by atoms with Crippen molar-refractivity contribution >= 4 is 5.97 Å². The summed E-state index contributed by atoms with van der Waals surface area (Å²) in [5, 5.41) is 45.5. The molecule has 0 aromatic heterocycles. The number of phenolic OH excluding ortho intramolecular Hbond substituents is 3. The Morgan fingerprint density at radius 2 is 1.71 bits per heavy atom. The average Bonchev–Trinajstić information content (AvgIpc) is 2.23. The summed E-state index contributed by atoms with van der Waals surface area (Å²) in [5.41, 5.74) is 0.413. The van der Waals surface area contributed by atoms with Crippen molar-refractivity contribution in [1.82, 2.24) is 0 Å². The molecular formula is C11H14O6. The van der Waals surface area contributed by atoms with E-state index in [4.69, 9.17) is 10.2 Å². The van der Waals surface area contributed by atoms with Crippen molar-refractivity contribution in [3.05, 3.63) is 17.7 Å². The number of carboxylic acid groups (broad SMARTS) is 1. The van der Waals surface area contributed by atoms with Gasteiger partial charge in [0.05, 0.1) is 6.10 Å². The number of carbonyl (C=O) groups is 1. The third kappa shape index (κ3) is 3.84. The van der Waals surface area contributed by atoms with Crippen LogP contribution in [0.15, 0.2) is 12.1 Å². The molecular weight excluding hydrogens is 228 g/mol. The molecule has 0 saturated heterocycles. The fourth-order valence-corrected chi connectivity index (χ4v) is 1.44. The molecule has 94 valence electrons. The van der Waals surface area contributed by atoms with Gasteiger partial charge in [-0.2, -0.15) is 0 Å². The van der Waals surface area contributed by atoms with E-state index < -0.39 is 29.3 Å². The third-order valence-electron chi connectivity index (χ3n) is 2.29. The molecule has 0 spiro atoms. The quantitative estimate of drug-likeness (QED) is 0.482. The van der Waals surface area contributed by atoms with Gasteiger partial charge in [0.1, 0.15) is 0 Å². The van der Waals surface area contributed by atoms with Crippen LogP contribution in [0, 0.1) is 0 Å². The Kier molecular flexibility index (Phi) is 4.17. The third-order valence-corrected chi connectivity index (χ3v) is 2.29. The molecule has 5 N–H and O–H groups in total. The highest BCUT2D eigenvalue weighted by molar-refractivity contribution is 5.66. The molecule has 0 aliphatic heterocycles. The molecule has 0 radical (unpaired) electrons. The summed E-state index contributed by atoms with van der Waals surface area (Å²) in [6.07, 6.45) is -0.863. The Bertz CT molecular complexity index is 391. The number of phenols is 3. The van der Waals surface area contributed by atoms with Gasteiger partial charge in [-0.1, -0.05) is 0 Å². The van der Waals surface area contributed by atoms with Gasteiger partial charge < -0.3 is 25.5 Å². The fourth-order valence-electron chi connectivity index (χ4n) is 1.44. The first-order valence-corrected chi connectivity index (χ1v) is 5.04. The number of rotatable bonds is 5. The Morgan fingerprint density at radius 3 is 2.18 bits per heavy atom. The zero-order valence-electron chi connectivity index (χ0n) is 9.00. The molecule has 0 heterocycles. The van der Waals surface area contributed by atoms with Crippen molar-refractivity contribution in [1.29, 1.82) is 0 Å². The van der Waals surface area contributed by atoms with Crippen LogP contribution in [0.5, 0.6) is 17.2 Å². The van der Waals surface area contributed by atoms with E-state index in [2.05, 4.69) is 0 Å². The first-order valence-electron chi connectivity index (χ1n) is 5.04. The first-order chi connectivity index (χ1) is 7.90. The van der Waals surface area contributed by atoms with Crippen molar-refractivity contribution < 1.29 is 30.3 Å². The highest BCUT2D eigenvalue weighted by Gasteiger charge is 2.12. The number of aliphatic carboxylic acids is 1. The van der Waals surface area contributed by atoms with E-state index in [1.54, 1.807) is 0 Å². The van der Waals surface area contributed by atoms with Gasteiger partial charge >= 0.3 is 5.97 Å². The zero-order chi connectivity index (χ0) is 13.0. The van der Waals surface area contributed by atoms with Gasteiger partial charge in [0, 0.05) is 6.42 Å². The van der Waals surface area contributed by atoms with E-state index in [-0.39, 0.29) is 19.3 Å². The van der Waals surface area contributed by atoms with E-state index >= 15 is 0 Å². The number of hydrogen-bond donors (Lipinski definition) is 5. The summed E-state index contributed by atoms with van der Waals surface area (Å²) >= 11 is 0. The molecule has 1 aromatic rings. The molecule has 1 rings (SSSR count). The molecule has 0 fully saturated rings. The maximum absolute atomic E-state index is 10.3. The fraction of sp³-hybridized carbons (Fsp3) is 0.364. The van der Waals surface area contributed by atoms with Crippen molar-refractivity contribution in [2.75, 3.05) is 0 Å². The zero-order valence-corrected chi connectivity index (χ0v) is 9.00. The smallest absolute Gasteiger partial charge is 0.303 e. The van der Waals surface area contributed by atoms with Crippen molar-refractivity contribution in [2.24, 2.45) is 0 Å². The minimum absolute atomic E-state index is 0.0811. The van der Waals surface area contributed by atoms with Crippen LogP contribution >= 0.6 is 0 Å². The minimum Gasteiger partial charge on any atom is -0.504 e. The lowest BCUT2D eigenvalue weighted by Gasteiger charge is -2.10. The maximum Gasteiger partial charge on any atom is 0.303 e. The standard InChI is InChI=1S/C11H14O6/c12-7(1-2-10(15)16)3-6-4-8(13)11(17)9(14)5-6/h4-5,7,12-14,17H,1-3H2,(H,15,16). The largest absolute Gasteiger partial charge is 0.504 e. The van der Waals surface area contributed by atoms with Crippen LogP contribution in [0.2, 0.25) is 0 Å². The monoisotopic (exact) mass is 242 g/mol. The van der Waals surface area contributed by atoms with Gasteiger partial charge in [-0.15, -0.1) is 0 Å². The molecule has 1 unspecified atom stereocenters. The molecule has 6 nitrogen and oxygen atoms in total. The predicted octanol–water partition coefficient (Wildman–Crippen LogP) is 0.572. The molecule has 17 heavy (non-hydrogen) atoms. The van der Waals surface area contributed by atoms with Crippen LogP contribution in [0.1, 0.15) is 18.4 Å². The molecule has 1 aromatic carbocycles. The van der Waals surface area contributed by atoms with E-state index in [0.717, 1.165) is 0 Å². The summed E-state index contributed by atoms with van der Waals surface area (Å²) in [5.74, 6) is -2.58. The second kappa shape index (κ2) is 5.40. The molecule has 6 heteroatoms. The predicted molar refractivity (Wildman–Crippen MR) is 58.0 cm³/mol. The summed E-state index contributed by atoms with van der Waals surface area (Å²) in [7, 11) is 0. The molecule has 0 amide bonds. The van der Waals surface area contributed by atoms with Crippen molar-refractivity contribution in [2.45, 2.75) is 25.4 Å². The molecule has 1 atom stereocenters. The Hall–Kier alpha value is -1.95. The SMILES string of the molecule is O=C(O)CCC(O)Cc1cc(O)c(O)c(O)c1. The summed E-state index contributed by atoms with van der Waals surface area (Å²) < 4.78 is 0. The summed E-state index contributed by atoms with van der Waals surface area (Å²) in [6, 6.07) is 2.41. The lowest BCUT2D eigenvalue weighted by Crippen LogP contribution is -2.12. The molecule has 0 bridgehead atoms. The Balaban J connectivity index is 2.65. The lowest BCUT2D eigenvalue weighted by molar-refractivity contribution is -0.137. The molecule has 0 saturated carbocycles. The van der Waals surface area contributed by atoms with Crippen LogP contribution in [0.3, 0.4) is 0 Å². The van der Waals surface area contributed by atoms with Gasteiger partial charge in [0.25, 0.3) is 0 Å². The summed E-state index contributed by atoms with van der Waals surface area (Å²) in [4.78, 5) is 10.3. The van der Waals surface area contributed by atoms with Crippen LogP contribution in [0.25, 0.3) is 0 Å². The second-order valence-electron chi connectivity index (χ2n) is 3.77. The van der Waals surface area contributed by atoms with Gasteiger partial charge in [-0.3, -0.25) is 4.79 Å². The van der Waals surface area contributed by atoms with Gasteiger partial charge in [-0.05, 0) is 30.5 Å². The van der Waals surface area contributed by atoms with Crippen LogP contribution in [-0.4, -0.2) is 37.6 Å². The van der Waals surface area contributed by atoms with Crippen molar-refractivity contribution in [3.63, 3.8) is 0 Å². The van der Waals surface area contributed by atoms with Crippen LogP contribution < -0.4 is 0 Å². The number of aromatic hydroxyl groups is 3. The van der Waals surface area contributed by atoms with Crippen molar-refractivity contribution in [3.8, 4) is 17.2 Å². The highest BCUT2D eigenvalue weighted by atomic mass is 16.4. The van der Waals surface area contributed by atoms with Gasteiger partial charge in [0.15, 0.2) is 17.2 Å². The van der Waals surface area contributed by atoms with Crippen LogP contribution in [-0.2, 0) is 11.2 Å². The topological polar surface area (TPSA) is 118 Å². The van der Waals surface area contributed by atoms with Gasteiger partial charge in [0.2, 0.25) is 0 Å². The Labute approximate surface area is 97.4 Å². The first kappa shape index (κ1) is 13.1. The van der Waals surface area contributed by atoms with E-state index in [9.17, 15) is 20.1 Å². The normalized spacial score (nSPS) is 12.3. The highest BCUT2D eigenvalue weighted by Crippen LogP contribution is 2.35. The van der Waals surface area contributed by atoms with Gasteiger partial charge in [-0.25, -0.2) is 0 Å². The second-order valence-corrected chi connectivity index (χ2v) is 3.77. The molecule has 0 aliphatic rings. The maximum atomic E-state index is 10.3. The van der Waals surface area contributed by atoms with E-state index in [0.29, 0.717) is 5.56 Å². The van der Waals surface area contributed by atoms with Crippen LogP contribution in [0.4, 0.5) is 0 Å². The number of aliphatic hydroxyl groups is 1. The average molecular weight is 242 g/mol.